The molecule has 1 saturated heterocycles. The topological polar surface area (TPSA) is 29.3 Å². The fraction of sp³-hybridized carbons (Fsp3) is 0.500. The van der Waals surface area contributed by atoms with Crippen molar-refractivity contribution in [3.05, 3.63) is 29.6 Å². The van der Waals surface area contributed by atoms with Crippen LogP contribution in [0.5, 0.6) is 0 Å². The van der Waals surface area contributed by atoms with Crippen LogP contribution in [0.15, 0.2) is 18.2 Å². The zero-order chi connectivity index (χ0) is 10.8. The van der Waals surface area contributed by atoms with Gasteiger partial charge in [-0.05, 0) is 37.5 Å². The zero-order valence-corrected chi connectivity index (χ0v) is 9.04. The number of piperidine rings is 1. The lowest BCUT2D eigenvalue weighted by atomic mass is 10.1. The predicted octanol–water partition coefficient (Wildman–Crippen LogP) is 2.06. The van der Waals surface area contributed by atoms with Crippen LogP contribution in [0.1, 0.15) is 18.4 Å². The van der Waals surface area contributed by atoms with Crippen molar-refractivity contribution in [3.63, 3.8) is 0 Å². The summed E-state index contributed by atoms with van der Waals surface area (Å²) in [6, 6.07) is 5.40. The largest absolute Gasteiger partial charge is 0.368 e. The first kappa shape index (κ1) is 10.4. The smallest absolute Gasteiger partial charge is 0.146 e. The van der Waals surface area contributed by atoms with E-state index >= 15 is 0 Å². The molecule has 0 spiro atoms. The lowest BCUT2D eigenvalue weighted by molar-refractivity contribution is 0.498. The van der Waals surface area contributed by atoms with Gasteiger partial charge in [0, 0.05) is 19.1 Å². The maximum absolute atomic E-state index is 13.6. The van der Waals surface area contributed by atoms with Gasteiger partial charge in [0.2, 0.25) is 0 Å². The molecule has 2 N–H and O–H groups in total. The first-order chi connectivity index (χ1) is 7.16. The SMILES string of the molecule is Cc1ccc(F)c(N2CCC[C@H](N)C2)c1. The Bertz CT molecular complexity index is 351. The van der Waals surface area contributed by atoms with Crippen LogP contribution in [0, 0.1) is 12.7 Å². The predicted molar refractivity (Wildman–Crippen MR) is 60.6 cm³/mol. The lowest BCUT2D eigenvalue weighted by Gasteiger charge is -2.33. The fourth-order valence-corrected chi connectivity index (χ4v) is 2.09. The van der Waals surface area contributed by atoms with Gasteiger partial charge in [0.15, 0.2) is 0 Å². The van der Waals surface area contributed by atoms with Crippen molar-refractivity contribution in [3.8, 4) is 0 Å². The number of nitrogens with zero attached hydrogens (tertiary/aromatic N) is 1. The van der Waals surface area contributed by atoms with Gasteiger partial charge in [-0.2, -0.15) is 0 Å². The molecule has 1 heterocycles. The van der Waals surface area contributed by atoms with Crippen molar-refractivity contribution < 1.29 is 4.39 Å². The van der Waals surface area contributed by atoms with E-state index in [-0.39, 0.29) is 11.9 Å². The zero-order valence-electron chi connectivity index (χ0n) is 9.04. The summed E-state index contributed by atoms with van der Waals surface area (Å²) in [6.45, 7) is 3.65. The number of halogens is 1. The van der Waals surface area contributed by atoms with E-state index in [0.717, 1.165) is 31.5 Å². The highest BCUT2D eigenvalue weighted by atomic mass is 19.1. The summed E-state index contributed by atoms with van der Waals surface area (Å²) in [6.07, 6.45) is 2.10. The minimum absolute atomic E-state index is 0.144. The maximum Gasteiger partial charge on any atom is 0.146 e. The normalized spacial score (nSPS) is 21.8. The quantitative estimate of drug-likeness (QED) is 0.765. The average Bonchev–Trinajstić information content (AvgIpc) is 2.22. The van der Waals surface area contributed by atoms with E-state index in [1.54, 1.807) is 6.07 Å². The van der Waals surface area contributed by atoms with E-state index in [9.17, 15) is 4.39 Å². The highest BCUT2D eigenvalue weighted by Crippen LogP contribution is 2.23. The highest BCUT2D eigenvalue weighted by molar-refractivity contribution is 5.50. The molecular weight excluding hydrogens is 191 g/mol. The molecule has 0 aliphatic carbocycles. The van der Waals surface area contributed by atoms with Gasteiger partial charge >= 0.3 is 0 Å². The molecule has 2 rings (SSSR count). The molecular formula is C12H17FN2. The third kappa shape index (κ3) is 2.29. The van der Waals surface area contributed by atoms with Crippen LogP contribution in [-0.2, 0) is 0 Å². The Labute approximate surface area is 89.9 Å². The second-order valence-electron chi connectivity index (χ2n) is 4.30. The van der Waals surface area contributed by atoms with Gasteiger partial charge in [-0.1, -0.05) is 6.07 Å². The summed E-state index contributed by atoms with van der Waals surface area (Å²) in [5.74, 6) is -0.144. The van der Waals surface area contributed by atoms with Crippen LogP contribution in [0.2, 0.25) is 0 Å². The van der Waals surface area contributed by atoms with E-state index in [2.05, 4.69) is 4.90 Å². The van der Waals surface area contributed by atoms with Crippen molar-refractivity contribution in [2.24, 2.45) is 5.73 Å². The molecule has 0 bridgehead atoms. The van der Waals surface area contributed by atoms with Gasteiger partial charge in [0.25, 0.3) is 0 Å². The monoisotopic (exact) mass is 208 g/mol. The maximum atomic E-state index is 13.6. The van der Waals surface area contributed by atoms with Crippen LogP contribution in [0.3, 0.4) is 0 Å². The molecule has 1 fully saturated rings. The third-order valence-electron chi connectivity index (χ3n) is 2.90. The number of nitrogens with two attached hydrogens (primary N) is 1. The Morgan fingerprint density at radius 2 is 2.27 bits per heavy atom. The molecule has 0 amide bonds. The molecule has 1 aliphatic heterocycles. The van der Waals surface area contributed by atoms with Gasteiger partial charge in [-0.15, -0.1) is 0 Å². The van der Waals surface area contributed by atoms with Crippen LogP contribution in [0.4, 0.5) is 10.1 Å². The molecule has 3 heteroatoms. The molecule has 1 atom stereocenters. The fourth-order valence-electron chi connectivity index (χ4n) is 2.09. The molecule has 2 nitrogen and oxygen atoms in total. The third-order valence-corrected chi connectivity index (χ3v) is 2.90. The second kappa shape index (κ2) is 4.19. The first-order valence-corrected chi connectivity index (χ1v) is 5.43. The minimum atomic E-state index is -0.144. The molecule has 1 aliphatic rings. The van der Waals surface area contributed by atoms with Crippen molar-refractivity contribution in [2.75, 3.05) is 18.0 Å². The summed E-state index contributed by atoms with van der Waals surface area (Å²) in [5, 5.41) is 0. The van der Waals surface area contributed by atoms with Crippen LogP contribution >= 0.6 is 0 Å². The summed E-state index contributed by atoms with van der Waals surface area (Å²) in [4.78, 5) is 2.05. The second-order valence-corrected chi connectivity index (χ2v) is 4.30. The molecule has 15 heavy (non-hydrogen) atoms. The summed E-state index contributed by atoms with van der Waals surface area (Å²) >= 11 is 0. The van der Waals surface area contributed by atoms with Crippen molar-refractivity contribution in [1.82, 2.24) is 0 Å². The highest BCUT2D eigenvalue weighted by Gasteiger charge is 2.19. The molecule has 0 saturated carbocycles. The van der Waals surface area contributed by atoms with E-state index in [0.29, 0.717) is 5.69 Å². The average molecular weight is 208 g/mol. The van der Waals surface area contributed by atoms with Crippen molar-refractivity contribution in [1.29, 1.82) is 0 Å². The standard InChI is InChI=1S/C12H17FN2/c1-9-4-5-11(13)12(7-9)15-6-2-3-10(14)8-15/h4-5,7,10H,2-3,6,8,14H2,1H3/t10-/m0/s1. The summed E-state index contributed by atoms with van der Waals surface area (Å²) in [5.41, 5.74) is 7.67. The van der Waals surface area contributed by atoms with E-state index in [1.165, 1.54) is 6.07 Å². The Morgan fingerprint density at radius 3 is 3.00 bits per heavy atom. The number of benzene rings is 1. The van der Waals surface area contributed by atoms with Gasteiger partial charge < -0.3 is 10.6 Å². The number of rotatable bonds is 1. The summed E-state index contributed by atoms with van der Waals surface area (Å²) < 4.78 is 13.6. The van der Waals surface area contributed by atoms with Crippen LogP contribution in [0.25, 0.3) is 0 Å². The van der Waals surface area contributed by atoms with E-state index in [4.69, 9.17) is 5.73 Å². The van der Waals surface area contributed by atoms with Gasteiger partial charge in [-0.25, -0.2) is 4.39 Å². The van der Waals surface area contributed by atoms with Gasteiger partial charge in [0.05, 0.1) is 5.69 Å². The number of hydrogen-bond donors (Lipinski definition) is 1. The molecule has 0 radical (unpaired) electrons. The van der Waals surface area contributed by atoms with E-state index < -0.39 is 0 Å². The molecule has 0 unspecified atom stereocenters. The van der Waals surface area contributed by atoms with Gasteiger partial charge in [-0.3, -0.25) is 0 Å². The lowest BCUT2D eigenvalue weighted by Crippen LogP contribution is -2.43. The Balaban J connectivity index is 2.24. The van der Waals surface area contributed by atoms with Crippen LogP contribution < -0.4 is 10.6 Å². The molecule has 1 aromatic carbocycles. The molecule has 1 aromatic rings. The van der Waals surface area contributed by atoms with Gasteiger partial charge in [0.1, 0.15) is 5.82 Å². The first-order valence-electron chi connectivity index (χ1n) is 5.43. The number of aryl methyl sites for hydroxylation is 1. The Kier molecular flexibility index (Phi) is 2.91. The number of anilines is 1. The number of hydrogen-bond acceptors (Lipinski definition) is 2. The minimum Gasteiger partial charge on any atom is -0.368 e. The van der Waals surface area contributed by atoms with Crippen molar-refractivity contribution >= 4 is 5.69 Å². The van der Waals surface area contributed by atoms with Crippen molar-refractivity contribution in [2.45, 2.75) is 25.8 Å². The molecule has 0 aromatic heterocycles. The Hall–Kier alpha value is -1.09. The molecule has 82 valence electrons. The van der Waals surface area contributed by atoms with Crippen LogP contribution in [-0.4, -0.2) is 19.1 Å². The van der Waals surface area contributed by atoms with E-state index in [1.807, 2.05) is 13.0 Å². The Morgan fingerprint density at radius 1 is 1.47 bits per heavy atom. The summed E-state index contributed by atoms with van der Waals surface area (Å²) in [7, 11) is 0.